The van der Waals surface area contributed by atoms with E-state index < -0.39 is 5.82 Å². The number of ether oxygens (including phenoxy) is 2. The maximum absolute atomic E-state index is 14.0. The first-order valence-electron chi connectivity index (χ1n) is 10.6. The molecule has 0 atom stereocenters. The molecular formula is C25H24Cl2FN3O2. The Labute approximate surface area is 201 Å². The van der Waals surface area contributed by atoms with Crippen molar-refractivity contribution in [3.63, 3.8) is 0 Å². The number of nitrogens with zero attached hydrogens (tertiary/aromatic N) is 1. The van der Waals surface area contributed by atoms with E-state index in [1.165, 1.54) is 6.07 Å². The van der Waals surface area contributed by atoms with Crippen molar-refractivity contribution in [3.05, 3.63) is 87.4 Å². The molecule has 0 saturated heterocycles. The van der Waals surface area contributed by atoms with Crippen LogP contribution in [0.15, 0.2) is 54.6 Å². The molecule has 0 amide bonds. The van der Waals surface area contributed by atoms with Crippen molar-refractivity contribution >= 4 is 34.2 Å². The van der Waals surface area contributed by atoms with Gasteiger partial charge in [0.2, 0.25) is 0 Å². The lowest BCUT2D eigenvalue weighted by Crippen LogP contribution is -2.15. The number of aromatic nitrogens is 2. The first-order valence-corrected chi connectivity index (χ1v) is 11.4. The Bertz CT molecular complexity index is 1190. The number of benzene rings is 3. The van der Waals surface area contributed by atoms with Crippen LogP contribution >= 0.6 is 23.2 Å². The van der Waals surface area contributed by atoms with Gasteiger partial charge in [-0.15, -0.1) is 0 Å². The fraction of sp³-hybridized carbons (Fsp3) is 0.240. The Morgan fingerprint density at radius 1 is 1.06 bits per heavy atom. The van der Waals surface area contributed by atoms with Crippen molar-refractivity contribution in [3.8, 4) is 11.5 Å². The summed E-state index contributed by atoms with van der Waals surface area (Å²) in [5.41, 5.74) is 3.27. The molecule has 4 rings (SSSR count). The Kier molecular flexibility index (Phi) is 7.70. The summed E-state index contributed by atoms with van der Waals surface area (Å²) in [6, 6.07) is 16.2. The summed E-state index contributed by atoms with van der Waals surface area (Å²) in [5.74, 6) is 1.39. The standard InChI is InChI=1S/C25H24Cl2FN3O2/c1-32-23-13-16(12-19(27)25(23)33-15-17-18(26)6-4-7-20(17)28)14-29-11-5-10-24-30-21-8-2-3-9-22(21)31-24/h2-4,6-9,12-13,29H,5,10-11,14-15H2,1H3,(H,30,31). The monoisotopic (exact) mass is 487 g/mol. The third kappa shape index (κ3) is 5.77. The third-order valence-corrected chi connectivity index (χ3v) is 5.88. The topological polar surface area (TPSA) is 59.2 Å². The molecule has 0 aliphatic carbocycles. The number of para-hydroxylation sites is 2. The van der Waals surface area contributed by atoms with Gasteiger partial charge in [-0.05, 0) is 54.9 Å². The lowest BCUT2D eigenvalue weighted by atomic mass is 10.2. The average molecular weight is 488 g/mol. The molecule has 8 heteroatoms. The van der Waals surface area contributed by atoms with Crippen LogP contribution < -0.4 is 14.8 Å². The molecule has 2 N–H and O–H groups in total. The van der Waals surface area contributed by atoms with E-state index in [1.807, 2.05) is 36.4 Å². The van der Waals surface area contributed by atoms with Crippen molar-refractivity contribution in [2.45, 2.75) is 26.0 Å². The molecule has 0 aliphatic heterocycles. The predicted octanol–water partition coefficient (Wildman–Crippen LogP) is 6.32. The molecule has 1 heterocycles. The zero-order valence-corrected chi connectivity index (χ0v) is 19.6. The minimum atomic E-state index is -0.430. The van der Waals surface area contributed by atoms with Crippen molar-refractivity contribution in [2.24, 2.45) is 0 Å². The maximum atomic E-state index is 14.0. The van der Waals surface area contributed by atoms with E-state index in [0.29, 0.717) is 28.1 Å². The van der Waals surface area contributed by atoms with Gasteiger partial charge in [0, 0.05) is 18.5 Å². The van der Waals surface area contributed by atoms with Crippen LogP contribution in [0.3, 0.4) is 0 Å². The quantitative estimate of drug-likeness (QED) is 0.257. The molecule has 4 aromatic rings. The van der Waals surface area contributed by atoms with Crippen LogP contribution in [0.5, 0.6) is 11.5 Å². The number of halogens is 3. The smallest absolute Gasteiger partial charge is 0.180 e. The van der Waals surface area contributed by atoms with Gasteiger partial charge in [-0.3, -0.25) is 0 Å². The van der Waals surface area contributed by atoms with Gasteiger partial charge < -0.3 is 19.8 Å². The van der Waals surface area contributed by atoms with E-state index in [9.17, 15) is 4.39 Å². The highest BCUT2D eigenvalue weighted by Crippen LogP contribution is 2.37. The second kappa shape index (κ2) is 10.9. The molecule has 1 aromatic heterocycles. The Morgan fingerprint density at radius 3 is 2.70 bits per heavy atom. The second-order valence-corrected chi connectivity index (χ2v) is 8.39. The zero-order chi connectivity index (χ0) is 23.2. The van der Waals surface area contributed by atoms with Crippen LogP contribution in [0.2, 0.25) is 10.0 Å². The third-order valence-electron chi connectivity index (χ3n) is 5.25. The van der Waals surface area contributed by atoms with Gasteiger partial charge in [0.15, 0.2) is 11.5 Å². The number of methoxy groups -OCH3 is 1. The Hall–Kier alpha value is -2.80. The van der Waals surface area contributed by atoms with Crippen LogP contribution in [0, 0.1) is 5.82 Å². The minimum absolute atomic E-state index is 0.0546. The highest BCUT2D eigenvalue weighted by molar-refractivity contribution is 6.32. The summed E-state index contributed by atoms with van der Waals surface area (Å²) in [4.78, 5) is 7.94. The number of fused-ring (bicyclic) bond motifs is 1. The normalized spacial score (nSPS) is 11.2. The maximum Gasteiger partial charge on any atom is 0.180 e. The molecule has 3 aromatic carbocycles. The molecule has 0 aliphatic rings. The molecule has 0 spiro atoms. The number of rotatable bonds is 10. The zero-order valence-electron chi connectivity index (χ0n) is 18.1. The van der Waals surface area contributed by atoms with E-state index in [4.69, 9.17) is 32.7 Å². The van der Waals surface area contributed by atoms with Crippen molar-refractivity contribution in [1.82, 2.24) is 15.3 Å². The summed E-state index contributed by atoms with van der Waals surface area (Å²) in [5, 5.41) is 4.10. The number of H-pyrrole nitrogens is 1. The molecule has 0 fully saturated rings. The van der Waals surface area contributed by atoms with Crippen LogP contribution in [-0.4, -0.2) is 23.6 Å². The summed E-state index contributed by atoms with van der Waals surface area (Å²) in [7, 11) is 1.54. The lowest BCUT2D eigenvalue weighted by molar-refractivity contribution is 0.280. The van der Waals surface area contributed by atoms with Gasteiger partial charge >= 0.3 is 0 Å². The fourth-order valence-corrected chi connectivity index (χ4v) is 4.07. The van der Waals surface area contributed by atoms with Crippen molar-refractivity contribution < 1.29 is 13.9 Å². The number of aryl methyl sites for hydroxylation is 1. The highest BCUT2D eigenvalue weighted by atomic mass is 35.5. The summed E-state index contributed by atoms with van der Waals surface area (Å²) in [6.45, 7) is 1.39. The van der Waals surface area contributed by atoms with E-state index in [-0.39, 0.29) is 12.2 Å². The molecule has 0 radical (unpaired) electrons. The first kappa shape index (κ1) is 23.4. The van der Waals surface area contributed by atoms with Gasteiger partial charge in [0.05, 0.1) is 28.2 Å². The van der Waals surface area contributed by atoms with Crippen LogP contribution in [0.4, 0.5) is 4.39 Å². The molecule has 33 heavy (non-hydrogen) atoms. The van der Waals surface area contributed by atoms with Gasteiger partial charge in [0.1, 0.15) is 18.2 Å². The number of hydrogen-bond acceptors (Lipinski definition) is 4. The second-order valence-electron chi connectivity index (χ2n) is 7.58. The van der Waals surface area contributed by atoms with Gasteiger partial charge in [0.25, 0.3) is 0 Å². The molecule has 5 nitrogen and oxygen atoms in total. The number of imidazole rings is 1. The number of nitrogens with one attached hydrogen (secondary N) is 2. The van der Waals surface area contributed by atoms with Crippen LogP contribution in [0.25, 0.3) is 11.0 Å². The summed E-state index contributed by atoms with van der Waals surface area (Å²) in [6.07, 6.45) is 1.80. The molecular weight excluding hydrogens is 464 g/mol. The predicted molar refractivity (Wildman–Crippen MR) is 130 cm³/mol. The average Bonchev–Trinajstić information content (AvgIpc) is 3.22. The fourth-order valence-electron chi connectivity index (χ4n) is 3.57. The number of aromatic amines is 1. The van der Waals surface area contributed by atoms with E-state index in [1.54, 1.807) is 19.2 Å². The highest BCUT2D eigenvalue weighted by Gasteiger charge is 2.15. The SMILES string of the molecule is COc1cc(CNCCCc2nc3ccccc3[nH]2)cc(Cl)c1OCc1c(F)cccc1Cl. The molecule has 0 saturated carbocycles. The first-order chi connectivity index (χ1) is 16.0. The van der Waals surface area contributed by atoms with Crippen molar-refractivity contribution in [1.29, 1.82) is 0 Å². The minimum Gasteiger partial charge on any atom is -0.493 e. The van der Waals surface area contributed by atoms with E-state index in [2.05, 4.69) is 15.3 Å². The van der Waals surface area contributed by atoms with Gasteiger partial charge in [-0.1, -0.05) is 41.4 Å². The lowest BCUT2D eigenvalue weighted by Gasteiger charge is -2.15. The van der Waals surface area contributed by atoms with Crippen LogP contribution in [0.1, 0.15) is 23.4 Å². The molecule has 0 bridgehead atoms. The van der Waals surface area contributed by atoms with E-state index in [0.717, 1.165) is 41.8 Å². The van der Waals surface area contributed by atoms with Crippen molar-refractivity contribution in [2.75, 3.05) is 13.7 Å². The Morgan fingerprint density at radius 2 is 1.91 bits per heavy atom. The Balaban J connectivity index is 1.31. The summed E-state index contributed by atoms with van der Waals surface area (Å²) >= 11 is 12.5. The van der Waals surface area contributed by atoms with Gasteiger partial charge in [-0.25, -0.2) is 9.37 Å². The van der Waals surface area contributed by atoms with Crippen LogP contribution in [-0.2, 0) is 19.6 Å². The molecule has 0 unspecified atom stereocenters. The summed E-state index contributed by atoms with van der Waals surface area (Å²) < 4.78 is 25.2. The number of hydrogen-bond donors (Lipinski definition) is 2. The molecule has 172 valence electrons. The largest absolute Gasteiger partial charge is 0.493 e. The van der Waals surface area contributed by atoms with E-state index >= 15 is 0 Å². The van der Waals surface area contributed by atoms with Gasteiger partial charge in [-0.2, -0.15) is 0 Å².